The Labute approximate surface area is 124 Å². The molecule has 2 rings (SSSR count). The molecule has 1 fully saturated rings. The molecule has 1 heterocycles. The third kappa shape index (κ3) is 4.01. The van der Waals surface area contributed by atoms with Gasteiger partial charge in [-0.15, -0.1) is 0 Å². The van der Waals surface area contributed by atoms with Gasteiger partial charge in [0.1, 0.15) is 0 Å². The van der Waals surface area contributed by atoms with Crippen LogP contribution in [0, 0.1) is 16.0 Å². The topological polar surface area (TPSA) is 79.0 Å². The summed E-state index contributed by atoms with van der Waals surface area (Å²) in [6.07, 6.45) is 2.67. The van der Waals surface area contributed by atoms with Gasteiger partial charge in [-0.1, -0.05) is 24.2 Å². The molecule has 1 aliphatic rings. The van der Waals surface area contributed by atoms with Crippen molar-refractivity contribution in [3.05, 3.63) is 39.9 Å². The van der Waals surface area contributed by atoms with Gasteiger partial charge in [-0.05, 0) is 18.4 Å². The Morgan fingerprint density at radius 3 is 2.71 bits per heavy atom. The molecule has 0 radical (unpaired) electrons. The molecular weight excluding hydrogens is 270 g/mol. The van der Waals surface area contributed by atoms with E-state index in [9.17, 15) is 10.1 Å². The van der Waals surface area contributed by atoms with Gasteiger partial charge in [0.15, 0.2) is 0 Å². The predicted molar refractivity (Wildman–Crippen MR) is 80.9 cm³/mol. The highest BCUT2D eigenvalue weighted by atomic mass is 16.6. The normalized spacial score (nSPS) is 21.6. The maximum absolute atomic E-state index is 10.6. The Bertz CT molecular complexity index is 513. The molecule has 1 aromatic rings. The highest BCUT2D eigenvalue weighted by Gasteiger charge is 2.24. The van der Waals surface area contributed by atoms with Crippen molar-refractivity contribution in [3.8, 4) is 0 Å². The number of rotatable bonds is 5. The first-order chi connectivity index (χ1) is 10.1. The molecule has 0 saturated carbocycles. The van der Waals surface area contributed by atoms with Crippen LogP contribution in [0.3, 0.4) is 0 Å². The van der Waals surface area contributed by atoms with E-state index in [1.54, 1.807) is 12.1 Å². The lowest BCUT2D eigenvalue weighted by Gasteiger charge is -2.32. The standard InChI is InChI=1S/C15H21N3O3/c1-2-13-11-17(10-8-15(13)16-19)9-7-12-3-5-14(6-4-12)18(20)21/h3-6,13,19H,2,7-11H2,1H3/b16-15+. The van der Waals surface area contributed by atoms with Crippen molar-refractivity contribution in [2.45, 2.75) is 26.2 Å². The zero-order chi connectivity index (χ0) is 15.2. The SMILES string of the molecule is CCC1CN(CCc2ccc([N+](=O)[O-])cc2)CC/C1=N\O. The lowest BCUT2D eigenvalue weighted by atomic mass is 9.93. The Kier molecular flexibility index (Phi) is 5.27. The molecular formula is C15H21N3O3. The van der Waals surface area contributed by atoms with Gasteiger partial charge in [0, 0.05) is 44.1 Å². The summed E-state index contributed by atoms with van der Waals surface area (Å²) in [4.78, 5) is 12.6. The van der Waals surface area contributed by atoms with Crippen molar-refractivity contribution in [2.24, 2.45) is 11.1 Å². The number of piperidine rings is 1. The molecule has 0 spiro atoms. The Hall–Kier alpha value is -1.95. The van der Waals surface area contributed by atoms with Gasteiger partial charge in [-0.3, -0.25) is 10.1 Å². The van der Waals surface area contributed by atoms with Crippen LogP contribution in [-0.4, -0.2) is 40.4 Å². The summed E-state index contributed by atoms with van der Waals surface area (Å²) < 4.78 is 0. The third-order valence-electron chi connectivity index (χ3n) is 4.12. The number of nitrogens with zero attached hydrogens (tertiary/aromatic N) is 3. The molecule has 0 amide bonds. The summed E-state index contributed by atoms with van der Waals surface area (Å²) in [5.41, 5.74) is 2.14. The number of likely N-dealkylation sites (tertiary alicyclic amines) is 1. The van der Waals surface area contributed by atoms with Crippen molar-refractivity contribution in [1.29, 1.82) is 0 Å². The first kappa shape index (κ1) is 15.4. The van der Waals surface area contributed by atoms with Crippen molar-refractivity contribution in [1.82, 2.24) is 4.90 Å². The van der Waals surface area contributed by atoms with Crippen molar-refractivity contribution < 1.29 is 10.1 Å². The van der Waals surface area contributed by atoms with Gasteiger partial charge < -0.3 is 10.1 Å². The fourth-order valence-electron chi connectivity index (χ4n) is 2.76. The average Bonchev–Trinajstić information content (AvgIpc) is 2.52. The fraction of sp³-hybridized carbons (Fsp3) is 0.533. The maximum atomic E-state index is 10.6. The van der Waals surface area contributed by atoms with Crippen LogP contribution in [0.5, 0.6) is 0 Å². The van der Waals surface area contributed by atoms with Crippen LogP contribution in [0.15, 0.2) is 29.4 Å². The van der Waals surface area contributed by atoms with Crippen LogP contribution in [0.2, 0.25) is 0 Å². The summed E-state index contributed by atoms with van der Waals surface area (Å²) in [5, 5.41) is 23.0. The van der Waals surface area contributed by atoms with E-state index in [2.05, 4.69) is 17.0 Å². The van der Waals surface area contributed by atoms with Gasteiger partial charge in [0.25, 0.3) is 5.69 Å². The summed E-state index contributed by atoms with van der Waals surface area (Å²) in [7, 11) is 0. The van der Waals surface area contributed by atoms with Crippen molar-refractivity contribution in [3.63, 3.8) is 0 Å². The van der Waals surface area contributed by atoms with E-state index in [1.807, 2.05) is 12.1 Å². The van der Waals surface area contributed by atoms with Crippen LogP contribution in [0.4, 0.5) is 5.69 Å². The molecule has 1 aliphatic heterocycles. The van der Waals surface area contributed by atoms with Crippen LogP contribution in [0.25, 0.3) is 0 Å². The van der Waals surface area contributed by atoms with Crippen LogP contribution < -0.4 is 0 Å². The first-order valence-electron chi connectivity index (χ1n) is 7.30. The van der Waals surface area contributed by atoms with E-state index in [0.717, 1.165) is 50.2 Å². The molecule has 114 valence electrons. The van der Waals surface area contributed by atoms with E-state index in [-0.39, 0.29) is 10.6 Å². The number of hydrogen-bond donors (Lipinski definition) is 1. The molecule has 1 aromatic carbocycles. The second kappa shape index (κ2) is 7.17. The van der Waals surface area contributed by atoms with E-state index in [4.69, 9.17) is 5.21 Å². The average molecular weight is 291 g/mol. The highest BCUT2D eigenvalue weighted by Crippen LogP contribution is 2.18. The molecule has 1 atom stereocenters. The second-order valence-corrected chi connectivity index (χ2v) is 5.42. The van der Waals surface area contributed by atoms with E-state index >= 15 is 0 Å². The largest absolute Gasteiger partial charge is 0.411 e. The molecule has 0 aliphatic carbocycles. The minimum atomic E-state index is -0.379. The Balaban J connectivity index is 1.87. The Morgan fingerprint density at radius 2 is 2.14 bits per heavy atom. The van der Waals surface area contributed by atoms with Gasteiger partial charge in [-0.25, -0.2) is 0 Å². The molecule has 21 heavy (non-hydrogen) atoms. The monoisotopic (exact) mass is 291 g/mol. The molecule has 1 unspecified atom stereocenters. The summed E-state index contributed by atoms with van der Waals surface area (Å²) >= 11 is 0. The smallest absolute Gasteiger partial charge is 0.269 e. The summed E-state index contributed by atoms with van der Waals surface area (Å²) in [5.74, 6) is 0.334. The van der Waals surface area contributed by atoms with E-state index in [1.165, 1.54) is 0 Å². The zero-order valence-corrected chi connectivity index (χ0v) is 12.2. The molecule has 1 N–H and O–H groups in total. The number of oxime groups is 1. The number of nitro benzene ring substituents is 1. The highest BCUT2D eigenvalue weighted by molar-refractivity contribution is 5.87. The van der Waals surface area contributed by atoms with Gasteiger partial charge in [-0.2, -0.15) is 0 Å². The quantitative estimate of drug-likeness (QED) is 0.514. The minimum absolute atomic E-state index is 0.131. The summed E-state index contributed by atoms with van der Waals surface area (Å²) in [6, 6.07) is 6.74. The number of nitro groups is 1. The molecule has 0 aromatic heterocycles. The Morgan fingerprint density at radius 1 is 1.43 bits per heavy atom. The zero-order valence-electron chi connectivity index (χ0n) is 12.2. The summed E-state index contributed by atoms with van der Waals surface area (Å²) in [6.45, 7) is 4.86. The molecule has 1 saturated heterocycles. The van der Waals surface area contributed by atoms with Crippen LogP contribution in [-0.2, 0) is 6.42 Å². The van der Waals surface area contributed by atoms with E-state index in [0.29, 0.717) is 5.92 Å². The number of non-ortho nitro benzene ring substituents is 1. The van der Waals surface area contributed by atoms with Gasteiger partial charge >= 0.3 is 0 Å². The number of hydrogen-bond acceptors (Lipinski definition) is 5. The van der Waals surface area contributed by atoms with E-state index < -0.39 is 0 Å². The van der Waals surface area contributed by atoms with Gasteiger partial charge in [0.2, 0.25) is 0 Å². The van der Waals surface area contributed by atoms with Crippen LogP contribution >= 0.6 is 0 Å². The van der Waals surface area contributed by atoms with Crippen molar-refractivity contribution >= 4 is 11.4 Å². The van der Waals surface area contributed by atoms with Crippen LogP contribution in [0.1, 0.15) is 25.3 Å². The lowest BCUT2D eigenvalue weighted by Crippen LogP contribution is -2.41. The van der Waals surface area contributed by atoms with Gasteiger partial charge in [0.05, 0.1) is 10.6 Å². The molecule has 6 nitrogen and oxygen atoms in total. The van der Waals surface area contributed by atoms with Crippen molar-refractivity contribution in [2.75, 3.05) is 19.6 Å². The maximum Gasteiger partial charge on any atom is 0.269 e. The molecule has 6 heteroatoms. The number of benzene rings is 1. The first-order valence-corrected chi connectivity index (χ1v) is 7.30. The minimum Gasteiger partial charge on any atom is -0.411 e. The predicted octanol–water partition coefficient (Wildman–Crippen LogP) is 2.70. The second-order valence-electron chi connectivity index (χ2n) is 5.42. The molecule has 0 bridgehead atoms. The lowest BCUT2D eigenvalue weighted by molar-refractivity contribution is -0.384. The fourth-order valence-corrected chi connectivity index (χ4v) is 2.76. The third-order valence-corrected chi connectivity index (χ3v) is 4.12.